The van der Waals surface area contributed by atoms with Crippen LogP contribution in [0.2, 0.25) is 0 Å². The van der Waals surface area contributed by atoms with Crippen molar-refractivity contribution in [1.29, 1.82) is 0 Å². The summed E-state index contributed by atoms with van der Waals surface area (Å²) in [6, 6.07) is 5.56. The number of nitrogens with zero attached hydrogens (tertiary/aromatic N) is 8. The van der Waals surface area contributed by atoms with Crippen LogP contribution in [-0.2, 0) is 9.59 Å². The molecule has 9 rings (SSSR count). The molecule has 4 aromatic rings. The van der Waals surface area contributed by atoms with Crippen molar-refractivity contribution in [3.05, 3.63) is 65.9 Å². The summed E-state index contributed by atoms with van der Waals surface area (Å²) in [4.78, 5) is 53.0. The minimum atomic E-state index is -0.564. The Balaban J connectivity index is 0.987. The highest BCUT2D eigenvalue weighted by atomic mass is 16.3. The summed E-state index contributed by atoms with van der Waals surface area (Å²) in [5.74, 6) is 3.28. The summed E-state index contributed by atoms with van der Waals surface area (Å²) in [5, 5.41) is 13.8. The van der Waals surface area contributed by atoms with Crippen LogP contribution >= 0.6 is 0 Å². The highest BCUT2D eigenvalue weighted by Crippen LogP contribution is 2.49. The molecule has 2 N–H and O–H groups in total. The number of aliphatic hydroxyl groups excluding tert-OH is 1. The molecule has 3 saturated carbocycles. The van der Waals surface area contributed by atoms with E-state index in [-0.39, 0.29) is 29.7 Å². The molecule has 2 saturated heterocycles. The maximum absolute atomic E-state index is 13.2. The normalized spacial score (nSPS) is 28.8. The number of carbonyl (C=O) groups excluding carboxylic acids is 2. The second-order valence-electron chi connectivity index (χ2n) is 13.6. The number of hydrogen-bond donors (Lipinski definition) is 2. The zero-order valence-electron chi connectivity index (χ0n) is 25.1. The largest absolute Gasteiger partial charge is 0.391 e. The lowest BCUT2D eigenvalue weighted by molar-refractivity contribution is -0.120. The predicted octanol–water partition coefficient (Wildman–Crippen LogP) is 3.53. The first-order valence-corrected chi connectivity index (χ1v) is 16.1. The summed E-state index contributed by atoms with van der Waals surface area (Å²) >= 11 is 0. The number of aromatic nitrogens is 6. The summed E-state index contributed by atoms with van der Waals surface area (Å²) in [6.07, 6.45) is 12.1. The summed E-state index contributed by atoms with van der Waals surface area (Å²) in [6.45, 7) is 3.06. The molecule has 5 aliphatic rings. The number of aryl methyl sites for hydroxylation is 1. The molecule has 5 fully saturated rings. The number of carbonyl (C=O) groups is 2. The first-order chi connectivity index (χ1) is 21.9. The number of anilines is 3. The second kappa shape index (κ2) is 10.0. The molecule has 45 heavy (non-hydrogen) atoms. The van der Waals surface area contributed by atoms with Gasteiger partial charge in [-0.05, 0) is 68.1 Å². The standard InChI is InChI=1S/C33H35N9O3/c1-17-4-5-34-31(37-17)23-10-24(23)33(45)39-28-11-29(36-16-35-28)41-14-22(43)9-26(41)25-15-40-12-21(18-2-3-18)7-27(32(40)38-25)42-13-20-6-19(20)8-30(42)44/h4-5,7,11-12,15-16,18-20,22-24,26,43H,2-3,6,8-10,13-14H2,1H3,(H,35,36,39,45)/t19?,20?,22-,23-,24-,26+/m0/s1. The number of piperidine rings is 1. The number of nitrogens with one attached hydrogen (secondary N) is 1. The first-order valence-electron chi connectivity index (χ1n) is 16.1. The molecule has 0 spiro atoms. The summed E-state index contributed by atoms with van der Waals surface area (Å²) < 4.78 is 2.07. The van der Waals surface area contributed by atoms with Crippen molar-refractivity contribution in [2.45, 2.75) is 69.4 Å². The maximum atomic E-state index is 13.2. The topological polar surface area (TPSA) is 142 Å². The van der Waals surface area contributed by atoms with E-state index in [1.807, 2.05) is 29.0 Å². The van der Waals surface area contributed by atoms with Crippen LogP contribution in [0.3, 0.4) is 0 Å². The lowest BCUT2D eigenvalue weighted by Crippen LogP contribution is -2.37. The van der Waals surface area contributed by atoms with Crippen molar-refractivity contribution in [2.24, 2.45) is 17.8 Å². The van der Waals surface area contributed by atoms with Crippen LogP contribution < -0.4 is 15.1 Å². The second-order valence-corrected chi connectivity index (χ2v) is 13.6. The Morgan fingerprint density at radius 2 is 1.91 bits per heavy atom. The van der Waals surface area contributed by atoms with E-state index in [4.69, 9.17) is 4.98 Å². The molecule has 2 aliphatic heterocycles. The third-order valence-corrected chi connectivity index (χ3v) is 10.2. The van der Waals surface area contributed by atoms with E-state index in [0.717, 1.165) is 35.7 Å². The van der Waals surface area contributed by atoms with Crippen molar-refractivity contribution in [3.8, 4) is 0 Å². The van der Waals surface area contributed by atoms with Crippen LogP contribution in [0, 0.1) is 24.7 Å². The average Bonchev–Trinajstić information content (AvgIpc) is 3.95. The zero-order valence-corrected chi connectivity index (χ0v) is 25.1. The molecule has 2 unspecified atom stereocenters. The van der Waals surface area contributed by atoms with Crippen LogP contribution in [0.1, 0.15) is 79.2 Å². The van der Waals surface area contributed by atoms with Gasteiger partial charge in [-0.2, -0.15) is 0 Å². The molecule has 0 aromatic carbocycles. The van der Waals surface area contributed by atoms with Crippen LogP contribution in [0.15, 0.2) is 43.1 Å². The SMILES string of the molecule is Cc1ccnc([C@H]2C[C@@H]2C(=O)Nc2cc(N3C[C@@H](O)C[C@@H]3c3cn4cc(C5CC5)cc(N5CC6CC6CC5=O)c4n3)ncn2)n1. The van der Waals surface area contributed by atoms with Gasteiger partial charge in [-0.1, -0.05) is 0 Å². The van der Waals surface area contributed by atoms with Gasteiger partial charge in [-0.3, -0.25) is 9.59 Å². The molecular weight excluding hydrogens is 570 g/mol. The molecule has 6 heterocycles. The van der Waals surface area contributed by atoms with Gasteiger partial charge in [0.1, 0.15) is 23.8 Å². The smallest absolute Gasteiger partial charge is 0.229 e. The highest BCUT2D eigenvalue weighted by Gasteiger charge is 2.47. The molecule has 2 amide bonds. The van der Waals surface area contributed by atoms with E-state index < -0.39 is 6.10 Å². The Labute approximate surface area is 259 Å². The fourth-order valence-corrected chi connectivity index (χ4v) is 7.36. The number of amides is 2. The number of pyridine rings is 1. The Kier molecular flexibility index (Phi) is 6.00. The molecular formula is C33H35N9O3. The number of hydrogen-bond acceptors (Lipinski definition) is 9. The van der Waals surface area contributed by atoms with Crippen molar-refractivity contribution < 1.29 is 14.7 Å². The van der Waals surface area contributed by atoms with Gasteiger partial charge in [-0.15, -0.1) is 0 Å². The lowest BCUT2D eigenvalue weighted by Gasteiger charge is -2.27. The average molecular weight is 606 g/mol. The molecule has 6 atom stereocenters. The molecule has 3 aliphatic carbocycles. The van der Waals surface area contributed by atoms with Gasteiger partial charge in [0, 0.05) is 68.1 Å². The van der Waals surface area contributed by atoms with E-state index in [0.29, 0.717) is 61.0 Å². The summed E-state index contributed by atoms with van der Waals surface area (Å²) in [7, 11) is 0. The van der Waals surface area contributed by atoms with Crippen LogP contribution in [0.25, 0.3) is 5.65 Å². The monoisotopic (exact) mass is 605 g/mol. The van der Waals surface area contributed by atoms with E-state index in [1.165, 1.54) is 24.7 Å². The van der Waals surface area contributed by atoms with E-state index in [1.54, 1.807) is 12.3 Å². The number of fused-ring (bicyclic) bond motifs is 2. The Hall–Kier alpha value is -4.45. The van der Waals surface area contributed by atoms with Gasteiger partial charge in [-0.25, -0.2) is 24.9 Å². The zero-order chi connectivity index (χ0) is 30.4. The Morgan fingerprint density at radius 1 is 1.02 bits per heavy atom. The van der Waals surface area contributed by atoms with Crippen molar-refractivity contribution in [3.63, 3.8) is 0 Å². The van der Waals surface area contributed by atoms with Gasteiger partial charge in [0.05, 0.1) is 23.5 Å². The van der Waals surface area contributed by atoms with Gasteiger partial charge in [0.2, 0.25) is 11.8 Å². The van der Waals surface area contributed by atoms with Crippen molar-refractivity contribution in [2.75, 3.05) is 28.2 Å². The van der Waals surface area contributed by atoms with Gasteiger partial charge < -0.3 is 24.6 Å². The quantitative estimate of drug-likeness (QED) is 0.324. The molecule has 4 aromatic heterocycles. The van der Waals surface area contributed by atoms with E-state index in [2.05, 4.69) is 41.9 Å². The van der Waals surface area contributed by atoms with Gasteiger partial charge in [0.15, 0.2) is 5.65 Å². The van der Waals surface area contributed by atoms with Gasteiger partial charge in [0.25, 0.3) is 0 Å². The summed E-state index contributed by atoms with van der Waals surface area (Å²) in [5.41, 5.74) is 4.62. The lowest BCUT2D eigenvalue weighted by atomic mass is 10.1. The maximum Gasteiger partial charge on any atom is 0.229 e. The number of rotatable bonds is 7. The van der Waals surface area contributed by atoms with Crippen LogP contribution in [-0.4, -0.2) is 65.4 Å². The van der Waals surface area contributed by atoms with Gasteiger partial charge >= 0.3 is 0 Å². The number of β-amino-alcohol motifs (C(OH)–C–C–N with tert-alkyl or cyclic N) is 1. The fraction of sp³-hybridized carbons (Fsp3) is 0.485. The molecule has 0 bridgehead atoms. The predicted molar refractivity (Wildman–Crippen MR) is 165 cm³/mol. The van der Waals surface area contributed by atoms with Crippen molar-refractivity contribution >= 4 is 34.8 Å². The molecule has 12 heteroatoms. The van der Waals surface area contributed by atoms with E-state index in [9.17, 15) is 14.7 Å². The third kappa shape index (κ3) is 4.91. The molecule has 12 nitrogen and oxygen atoms in total. The van der Waals surface area contributed by atoms with Crippen LogP contribution in [0.5, 0.6) is 0 Å². The molecule has 230 valence electrons. The Morgan fingerprint density at radius 3 is 2.76 bits per heavy atom. The van der Waals surface area contributed by atoms with Crippen molar-refractivity contribution in [1.82, 2.24) is 29.3 Å². The molecule has 0 radical (unpaired) electrons. The number of imidazole rings is 1. The van der Waals surface area contributed by atoms with E-state index >= 15 is 0 Å². The minimum absolute atomic E-state index is 0.00983. The Bertz CT molecular complexity index is 1850. The minimum Gasteiger partial charge on any atom is -0.391 e. The fourth-order valence-electron chi connectivity index (χ4n) is 7.36. The first kappa shape index (κ1) is 26.9. The number of aliphatic hydroxyl groups is 1. The third-order valence-electron chi connectivity index (χ3n) is 10.2. The highest BCUT2D eigenvalue weighted by molar-refractivity contribution is 5.98. The van der Waals surface area contributed by atoms with Crippen LogP contribution in [0.4, 0.5) is 17.3 Å².